The normalized spacial score (nSPS) is 22.5. The third-order valence-corrected chi connectivity index (χ3v) is 37.4. The van der Waals surface area contributed by atoms with Crippen molar-refractivity contribution in [1.82, 2.24) is 29.4 Å². The van der Waals surface area contributed by atoms with E-state index < -0.39 is 12.1 Å². The molecule has 0 radical (unpaired) electrons. The number of nitrogens with zero attached hydrogens (tertiary/aromatic N) is 6. The zero-order valence-electron chi connectivity index (χ0n) is 99.6. The topological polar surface area (TPSA) is 190 Å². The van der Waals surface area contributed by atoms with Gasteiger partial charge in [-0.15, -0.1) is 0 Å². The Labute approximate surface area is 923 Å². The van der Waals surface area contributed by atoms with E-state index in [0.717, 1.165) is 174 Å². The summed E-state index contributed by atoms with van der Waals surface area (Å²) in [6.07, 6.45) is 114. The molecule has 14 atom stereocenters. The predicted octanol–water partition coefficient (Wildman–Crippen LogP) is 36.3. The van der Waals surface area contributed by atoms with Crippen LogP contribution in [0.25, 0.3) is 0 Å². The highest BCUT2D eigenvalue weighted by atomic mass is 16.2. The van der Waals surface area contributed by atoms with Crippen LogP contribution >= 0.6 is 0 Å². The summed E-state index contributed by atoms with van der Waals surface area (Å²) in [6, 6.07) is -1.39. The van der Waals surface area contributed by atoms with Crippen molar-refractivity contribution in [3.63, 3.8) is 0 Å². The first-order valence-electron chi connectivity index (χ1n) is 65.8. The fraction of sp³-hybridized carbons (Fsp3) is 0.866. The van der Waals surface area contributed by atoms with Gasteiger partial charge < -0.3 is 9.80 Å². The van der Waals surface area contributed by atoms with Gasteiger partial charge in [-0.1, -0.05) is 499 Å². The molecule has 0 aromatic rings. The molecular weight excluding hydrogens is 1850 g/mol. The third-order valence-electron chi connectivity index (χ3n) is 37.4. The van der Waals surface area contributed by atoms with Gasteiger partial charge in [-0.2, -0.15) is 0 Å². The van der Waals surface area contributed by atoms with E-state index in [0.29, 0.717) is 50.4 Å². The summed E-state index contributed by atoms with van der Waals surface area (Å²) in [6.45, 7) is 33.1. The average Bonchev–Trinajstić information content (AvgIpc) is 1.61. The molecule has 150 heavy (non-hydrogen) atoms. The molecule has 10 amide bonds. The standard InChI is InChI=1S/C77H137N3O5.C57H99N3O5/c1-8-12-16-20-29-40-50-69-65(46-36-18-14-10-3)54-53-64(7)68(69)49-39-31-23-26-33-43-59-78(76(84)63(5)6)72-62-75(83)80(77(72)85)61-45-35-27-24-32-42-52-71-67(48-38-28-22-25-34-44-60-79-73(81)57-58-74(79)82)56-55-66(47-37-19-15-11-4)70(71)51-41-30-21-17-13-9-2;1-6-9-12-15-19-25-32-43-58(56(64)47(4)5)52-46-55(63)60(57(52)65)45-34-27-21-18-24-31-38-51-49(36-29-22-17-20-26-33-44-59-53(61)41-42-54(59)62)40-39-48(35-28-14-11-8-3)50(51)37-30-23-16-13-10-7-2/h57-58,64-72H,5,8-56,59-62H2,1-4,6-7H3;41-42,48-52H,4,6-40,43-46H2,1-3,5H3. The van der Waals surface area contributed by atoms with Crippen LogP contribution in [0.4, 0.5) is 0 Å². The number of rotatable bonds is 93. The van der Waals surface area contributed by atoms with E-state index in [1.165, 1.54) is 481 Å². The summed E-state index contributed by atoms with van der Waals surface area (Å²) in [4.78, 5) is 138. The molecule has 2 saturated heterocycles. The van der Waals surface area contributed by atoms with Crippen LogP contribution in [0.5, 0.6) is 0 Å². The maximum atomic E-state index is 14.0. The van der Waals surface area contributed by atoms with Crippen LogP contribution in [-0.2, 0) is 47.9 Å². The molecule has 16 heteroatoms. The fourth-order valence-electron chi connectivity index (χ4n) is 28.3. The van der Waals surface area contributed by atoms with Crippen LogP contribution in [-0.4, -0.2) is 140 Å². The van der Waals surface area contributed by atoms with E-state index in [1.807, 2.05) is 0 Å². The van der Waals surface area contributed by atoms with E-state index >= 15 is 0 Å². The molecule has 862 valence electrons. The van der Waals surface area contributed by atoms with Crippen LogP contribution in [0.2, 0.25) is 0 Å². The van der Waals surface area contributed by atoms with Gasteiger partial charge in [0, 0.05) is 74.7 Å². The molecule has 5 fully saturated rings. The van der Waals surface area contributed by atoms with Crippen LogP contribution in [0.15, 0.2) is 48.6 Å². The second-order valence-corrected chi connectivity index (χ2v) is 49.5. The van der Waals surface area contributed by atoms with Gasteiger partial charge in [-0.25, -0.2) is 0 Å². The number of carbonyl (C=O) groups is 10. The van der Waals surface area contributed by atoms with Gasteiger partial charge in [0.15, 0.2) is 0 Å². The molecule has 0 bridgehead atoms. The van der Waals surface area contributed by atoms with Crippen molar-refractivity contribution in [3.8, 4) is 0 Å². The quantitative estimate of drug-likeness (QED) is 0.0322. The van der Waals surface area contributed by atoms with Crippen molar-refractivity contribution < 1.29 is 47.9 Å². The number of likely N-dealkylation sites (tertiary alicyclic amines) is 2. The lowest BCUT2D eigenvalue weighted by Gasteiger charge is -2.44. The summed E-state index contributed by atoms with van der Waals surface area (Å²) in [5, 5.41) is 0. The van der Waals surface area contributed by atoms with Gasteiger partial charge in [0.1, 0.15) is 12.1 Å². The third kappa shape index (κ3) is 52.3. The van der Waals surface area contributed by atoms with Crippen LogP contribution in [0, 0.1) is 71.0 Å². The SMILES string of the molecule is C=C(C)C(=O)N(CCCCCCCCC)C1CC(=O)N(CCCCCCCCC2C(CCCCCCCCN3C(=O)C=CC3=O)CCC(CCCCCC)C2CCCCCCCC)C1=O.C=C(C)C(=O)N(CCCCCCCCC1C(C)CCC(CCCCCC)C1CCCCCCCC)C1CC(=O)N(CCCCCCCCC2C(CCCCCCCCN3C(=O)C=CC3=O)CCC(CCCCCC)C2CCCCCCCC)C1=O. The van der Waals surface area contributed by atoms with E-state index in [9.17, 15) is 47.9 Å². The minimum absolute atomic E-state index is 0.0985. The van der Waals surface area contributed by atoms with Crippen molar-refractivity contribution >= 4 is 59.1 Å². The van der Waals surface area contributed by atoms with E-state index in [2.05, 4.69) is 68.5 Å². The van der Waals surface area contributed by atoms with Crippen molar-refractivity contribution in [2.24, 2.45) is 71.0 Å². The first-order chi connectivity index (χ1) is 73.1. The second-order valence-electron chi connectivity index (χ2n) is 49.5. The highest BCUT2D eigenvalue weighted by Crippen LogP contribution is 2.51. The fourth-order valence-corrected chi connectivity index (χ4v) is 28.3. The number of carbonyl (C=O) groups excluding carboxylic acids is 10. The molecule has 7 rings (SSSR count). The lowest BCUT2D eigenvalue weighted by Crippen LogP contribution is -2.46. The van der Waals surface area contributed by atoms with E-state index in [1.54, 1.807) is 23.6 Å². The maximum Gasteiger partial charge on any atom is 0.253 e. The van der Waals surface area contributed by atoms with Gasteiger partial charge in [-0.3, -0.25) is 67.5 Å². The van der Waals surface area contributed by atoms with E-state index in [4.69, 9.17) is 0 Å². The first kappa shape index (κ1) is 133. The molecule has 14 unspecified atom stereocenters. The Balaban J connectivity index is 0.000000474. The Kier molecular flexibility index (Phi) is 74.3. The summed E-state index contributed by atoms with van der Waals surface area (Å²) >= 11 is 0. The van der Waals surface area contributed by atoms with Crippen LogP contribution < -0.4 is 0 Å². The zero-order chi connectivity index (χ0) is 108. The minimum atomic E-state index is -0.700. The molecule has 7 aliphatic rings. The summed E-state index contributed by atoms with van der Waals surface area (Å²) in [5.74, 6) is 8.89. The zero-order valence-corrected chi connectivity index (χ0v) is 99.6. The van der Waals surface area contributed by atoms with Gasteiger partial charge in [0.2, 0.25) is 23.6 Å². The Bertz CT molecular complexity index is 3680. The molecule has 3 saturated carbocycles. The lowest BCUT2D eigenvalue weighted by molar-refractivity contribution is -0.143. The number of unbranched alkanes of at least 4 members (excludes halogenated alkanes) is 55. The number of amides is 10. The van der Waals surface area contributed by atoms with Crippen molar-refractivity contribution in [2.75, 3.05) is 39.3 Å². The highest BCUT2D eigenvalue weighted by molar-refractivity contribution is 6.13. The first-order valence-corrected chi connectivity index (χ1v) is 65.8. The van der Waals surface area contributed by atoms with E-state index in [-0.39, 0.29) is 71.9 Å². The molecule has 4 heterocycles. The molecule has 0 aromatic heterocycles. The average molecular weight is 2090 g/mol. The molecule has 4 aliphatic heterocycles. The van der Waals surface area contributed by atoms with Gasteiger partial charge in [-0.05, 0) is 194 Å². The molecule has 0 N–H and O–H groups in total. The van der Waals surface area contributed by atoms with Crippen molar-refractivity contribution in [3.05, 3.63) is 48.6 Å². The molecule has 0 spiro atoms. The van der Waals surface area contributed by atoms with Crippen molar-refractivity contribution in [1.29, 1.82) is 0 Å². The second kappa shape index (κ2) is 83.7. The van der Waals surface area contributed by atoms with Crippen LogP contribution in [0.3, 0.4) is 0 Å². The van der Waals surface area contributed by atoms with Gasteiger partial charge in [0.25, 0.3) is 35.4 Å². The predicted molar refractivity (Wildman–Crippen MR) is 630 cm³/mol. The molecular formula is C134H236N6O10. The summed E-state index contributed by atoms with van der Waals surface area (Å²) in [5.41, 5.74) is 0.863. The molecule has 3 aliphatic carbocycles. The molecule has 0 aromatic carbocycles. The Morgan fingerprint density at radius 1 is 0.240 bits per heavy atom. The Morgan fingerprint density at radius 3 is 0.653 bits per heavy atom. The smallest absolute Gasteiger partial charge is 0.253 e. The monoisotopic (exact) mass is 2090 g/mol. The summed E-state index contributed by atoms with van der Waals surface area (Å²) in [7, 11) is 0. The Morgan fingerprint density at radius 2 is 0.420 bits per heavy atom. The lowest BCUT2D eigenvalue weighted by atomic mass is 9.61. The highest BCUT2D eigenvalue weighted by Gasteiger charge is 2.47. The Hall–Kier alpha value is -5.54. The largest absolute Gasteiger partial charge is 0.326 e. The van der Waals surface area contributed by atoms with Crippen LogP contribution in [0.1, 0.15) is 621 Å². The summed E-state index contributed by atoms with van der Waals surface area (Å²) < 4.78 is 0. The minimum Gasteiger partial charge on any atom is -0.326 e. The number of hydrogen-bond donors (Lipinski definition) is 0. The number of imide groups is 4. The van der Waals surface area contributed by atoms with Gasteiger partial charge in [0.05, 0.1) is 12.8 Å². The van der Waals surface area contributed by atoms with Gasteiger partial charge >= 0.3 is 0 Å². The maximum absolute atomic E-state index is 14.0. The van der Waals surface area contributed by atoms with Crippen molar-refractivity contribution in [2.45, 2.75) is 634 Å². The molecule has 16 nitrogen and oxygen atoms in total. The number of hydrogen-bond acceptors (Lipinski definition) is 10.